The molecular formula is C21H21ClN6S. The Bertz CT molecular complexity index is 1130. The largest absolute Gasteiger partial charge is 0.359 e. The fourth-order valence-corrected chi connectivity index (χ4v) is 4.33. The highest BCUT2D eigenvalue weighted by Gasteiger charge is 2.28. The Kier molecular flexibility index (Phi) is 4.95. The van der Waals surface area contributed by atoms with Crippen molar-refractivity contribution in [1.82, 2.24) is 20.4 Å². The fraction of sp³-hybridized carbons (Fsp3) is 0.286. The summed E-state index contributed by atoms with van der Waals surface area (Å²) < 4.78 is 0. The molecule has 2 aromatic heterocycles. The van der Waals surface area contributed by atoms with Gasteiger partial charge in [-0.15, -0.1) is 10.2 Å². The van der Waals surface area contributed by atoms with Crippen molar-refractivity contribution in [3.8, 4) is 10.6 Å². The van der Waals surface area contributed by atoms with E-state index < -0.39 is 0 Å². The van der Waals surface area contributed by atoms with Crippen LogP contribution in [0.1, 0.15) is 30.0 Å². The number of rotatable bonds is 7. The minimum atomic E-state index is -0.0214. The molecule has 0 bridgehead atoms. The van der Waals surface area contributed by atoms with E-state index in [1.54, 1.807) is 11.3 Å². The number of halogens is 1. The molecule has 1 fully saturated rings. The van der Waals surface area contributed by atoms with Gasteiger partial charge in [-0.2, -0.15) is 5.10 Å². The SMILES string of the molecule is NC(CNc1nnc(-c2ccc3[nH]nc(C4CC4)c3c2)s1)Cc1ccc(Cl)cc1. The van der Waals surface area contributed by atoms with Gasteiger partial charge in [0.25, 0.3) is 0 Å². The Morgan fingerprint density at radius 1 is 1.17 bits per heavy atom. The number of aromatic nitrogens is 4. The predicted molar refractivity (Wildman–Crippen MR) is 119 cm³/mol. The summed E-state index contributed by atoms with van der Waals surface area (Å²) in [5.41, 5.74) is 10.8. The maximum Gasteiger partial charge on any atom is 0.206 e. The van der Waals surface area contributed by atoms with Gasteiger partial charge in [-0.3, -0.25) is 5.10 Å². The molecule has 0 spiro atoms. The van der Waals surface area contributed by atoms with Gasteiger partial charge in [-0.25, -0.2) is 0 Å². The van der Waals surface area contributed by atoms with E-state index in [4.69, 9.17) is 17.3 Å². The van der Waals surface area contributed by atoms with Crippen molar-refractivity contribution < 1.29 is 0 Å². The third-order valence-corrected chi connectivity index (χ3v) is 6.34. The molecule has 2 aromatic carbocycles. The first-order valence-electron chi connectivity index (χ1n) is 9.71. The van der Waals surface area contributed by atoms with Crippen LogP contribution in [0.5, 0.6) is 0 Å². The standard InChI is InChI=1S/C21H21ClN6S/c22-15-6-1-12(2-7-15)9-16(23)11-24-21-28-27-20(29-21)14-5-8-18-17(10-14)19(26-25-18)13-3-4-13/h1-2,5-8,10,13,16H,3-4,9,11,23H2,(H,24,28)(H,25,26). The molecule has 8 heteroatoms. The van der Waals surface area contributed by atoms with Crippen LogP contribution >= 0.6 is 22.9 Å². The van der Waals surface area contributed by atoms with Crippen LogP contribution in [0.15, 0.2) is 42.5 Å². The molecule has 1 saturated carbocycles. The molecule has 0 saturated heterocycles. The molecule has 1 aliphatic carbocycles. The van der Waals surface area contributed by atoms with Gasteiger partial charge in [0.15, 0.2) is 0 Å². The summed E-state index contributed by atoms with van der Waals surface area (Å²) in [5.74, 6) is 0.604. The molecule has 2 heterocycles. The van der Waals surface area contributed by atoms with Gasteiger partial charge in [0.2, 0.25) is 5.13 Å². The molecule has 0 aliphatic heterocycles. The summed E-state index contributed by atoms with van der Waals surface area (Å²) in [4.78, 5) is 0. The van der Waals surface area contributed by atoms with Gasteiger partial charge >= 0.3 is 0 Å². The highest BCUT2D eigenvalue weighted by Crippen LogP contribution is 2.42. The summed E-state index contributed by atoms with van der Waals surface area (Å²) in [6.45, 7) is 0.629. The zero-order valence-corrected chi connectivity index (χ0v) is 17.3. The molecule has 4 N–H and O–H groups in total. The Labute approximate surface area is 177 Å². The van der Waals surface area contributed by atoms with Gasteiger partial charge < -0.3 is 11.1 Å². The van der Waals surface area contributed by atoms with Crippen molar-refractivity contribution >= 4 is 39.0 Å². The summed E-state index contributed by atoms with van der Waals surface area (Å²) in [5, 5.41) is 23.2. The second-order valence-corrected chi connectivity index (χ2v) is 8.94. The third-order valence-electron chi connectivity index (χ3n) is 5.15. The number of fused-ring (bicyclic) bond motifs is 1. The van der Waals surface area contributed by atoms with E-state index in [0.29, 0.717) is 12.5 Å². The topological polar surface area (TPSA) is 92.5 Å². The fourth-order valence-electron chi connectivity index (χ4n) is 3.46. The number of anilines is 1. The monoisotopic (exact) mass is 424 g/mol. The summed E-state index contributed by atoms with van der Waals surface area (Å²) >= 11 is 7.47. The van der Waals surface area contributed by atoms with Crippen LogP contribution in [-0.4, -0.2) is 33.0 Å². The summed E-state index contributed by atoms with van der Waals surface area (Å²) in [6, 6.07) is 14.1. The third kappa shape index (κ3) is 4.12. The molecule has 0 amide bonds. The van der Waals surface area contributed by atoms with Gasteiger partial charge in [-0.05, 0) is 55.2 Å². The van der Waals surface area contributed by atoms with E-state index in [9.17, 15) is 0 Å². The lowest BCUT2D eigenvalue weighted by Crippen LogP contribution is -2.31. The molecule has 29 heavy (non-hydrogen) atoms. The average molecular weight is 425 g/mol. The predicted octanol–water partition coefficient (Wildman–Crippen LogP) is 4.59. The quantitative estimate of drug-likeness (QED) is 0.403. The van der Waals surface area contributed by atoms with E-state index in [1.165, 1.54) is 29.5 Å². The highest BCUT2D eigenvalue weighted by molar-refractivity contribution is 7.18. The lowest BCUT2D eigenvalue weighted by Gasteiger charge is -2.12. The lowest BCUT2D eigenvalue weighted by atomic mass is 10.1. The van der Waals surface area contributed by atoms with E-state index in [2.05, 4.69) is 43.9 Å². The number of nitrogens with one attached hydrogen (secondary N) is 2. The number of hydrogen-bond acceptors (Lipinski definition) is 6. The van der Waals surface area contributed by atoms with Gasteiger partial charge in [-0.1, -0.05) is 35.1 Å². The van der Waals surface area contributed by atoms with Crippen molar-refractivity contribution in [2.24, 2.45) is 5.73 Å². The molecule has 1 aliphatic rings. The zero-order valence-electron chi connectivity index (χ0n) is 15.7. The van der Waals surface area contributed by atoms with Crippen LogP contribution in [0.3, 0.4) is 0 Å². The Hall–Kier alpha value is -2.48. The van der Waals surface area contributed by atoms with Crippen LogP contribution in [0.2, 0.25) is 5.02 Å². The highest BCUT2D eigenvalue weighted by atomic mass is 35.5. The first kappa shape index (κ1) is 18.5. The number of hydrogen-bond donors (Lipinski definition) is 3. The van der Waals surface area contributed by atoms with Crippen LogP contribution in [-0.2, 0) is 6.42 Å². The molecule has 148 valence electrons. The number of nitrogens with zero attached hydrogens (tertiary/aromatic N) is 3. The number of H-pyrrole nitrogens is 1. The molecule has 6 nitrogen and oxygen atoms in total. The zero-order chi connectivity index (χ0) is 19.8. The molecule has 0 radical (unpaired) electrons. The van der Waals surface area contributed by atoms with Crippen molar-refractivity contribution in [2.45, 2.75) is 31.2 Å². The second kappa shape index (κ2) is 7.74. The van der Waals surface area contributed by atoms with Gasteiger partial charge in [0, 0.05) is 34.5 Å². The summed E-state index contributed by atoms with van der Waals surface area (Å²) in [6.07, 6.45) is 3.23. The summed E-state index contributed by atoms with van der Waals surface area (Å²) in [7, 11) is 0. The smallest absolute Gasteiger partial charge is 0.206 e. The Morgan fingerprint density at radius 2 is 2.00 bits per heavy atom. The first-order valence-corrected chi connectivity index (χ1v) is 10.9. The van der Waals surface area contributed by atoms with E-state index >= 15 is 0 Å². The Balaban J connectivity index is 1.25. The number of nitrogens with two attached hydrogens (primary N) is 1. The van der Waals surface area contributed by atoms with Crippen molar-refractivity contribution in [3.05, 3.63) is 58.7 Å². The van der Waals surface area contributed by atoms with Crippen LogP contribution in [0.4, 0.5) is 5.13 Å². The minimum absolute atomic E-state index is 0.0214. The molecule has 5 rings (SSSR count). The van der Waals surface area contributed by atoms with Crippen molar-refractivity contribution in [1.29, 1.82) is 0 Å². The maximum atomic E-state index is 6.26. The Morgan fingerprint density at radius 3 is 2.79 bits per heavy atom. The minimum Gasteiger partial charge on any atom is -0.359 e. The number of aromatic amines is 1. The van der Waals surface area contributed by atoms with E-state index in [0.717, 1.165) is 32.7 Å². The van der Waals surface area contributed by atoms with Crippen LogP contribution in [0, 0.1) is 0 Å². The maximum absolute atomic E-state index is 6.26. The van der Waals surface area contributed by atoms with E-state index in [1.807, 2.05) is 24.3 Å². The molecule has 1 unspecified atom stereocenters. The van der Waals surface area contributed by atoms with Crippen LogP contribution in [0.25, 0.3) is 21.5 Å². The first-order chi connectivity index (χ1) is 14.2. The molecular weight excluding hydrogens is 404 g/mol. The van der Waals surface area contributed by atoms with E-state index in [-0.39, 0.29) is 6.04 Å². The van der Waals surface area contributed by atoms with Crippen LogP contribution < -0.4 is 11.1 Å². The molecule has 1 atom stereocenters. The van der Waals surface area contributed by atoms with Gasteiger partial charge in [0.05, 0.1) is 11.2 Å². The second-order valence-electron chi connectivity index (χ2n) is 7.53. The van der Waals surface area contributed by atoms with Crippen molar-refractivity contribution in [2.75, 3.05) is 11.9 Å². The van der Waals surface area contributed by atoms with Crippen molar-refractivity contribution in [3.63, 3.8) is 0 Å². The normalized spacial score (nSPS) is 15.0. The molecule has 4 aromatic rings. The number of benzene rings is 2. The lowest BCUT2D eigenvalue weighted by molar-refractivity contribution is 0.698. The average Bonchev–Trinajstić information content (AvgIpc) is 3.31. The van der Waals surface area contributed by atoms with Gasteiger partial charge in [0.1, 0.15) is 5.01 Å².